The Hall–Kier alpha value is -2.61. The van der Waals surface area contributed by atoms with Crippen molar-refractivity contribution in [3.8, 4) is 11.3 Å². The standard InChI is InChI=1S/C23H33N5O3/c1-4-26(5-2)13-10-24-19(29)15-28-14-17-8-9-18-20(21(17)25-28)16(3)22(31-18)23(30)27-11-6-7-12-27/h14H,4-13,15H2,1-3H3,(H,24,29). The van der Waals surface area contributed by atoms with E-state index in [1.54, 1.807) is 4.68 Å². The molecule has 2 aliphatic rings. The summed E-state index contributed by atoms with van der Waals surface area (Å²) >= 11 is 0. The van der Waals surface area contributed by atoms with Crippen LogP contribution in [-0.4, -0.2) is 70.7 Å². The molecule has 168 valence electrons. The first kappa shape index (κ1) is 21.6. The Balaban J connectivity index is 1.46. The first-order chi connectivity index (χ1) is 15.0. The van der Waals surface area contributed by atoms with E-state index < -0.39 is 0 Å². The van der Waals surface area contributed by atoms with Crippen LogP contribution in [0.25, 0.3) is 11.3 Å². The van der Waals surface area contributed by atoms with E-state index >= 15 is 0 Å². The monoisotopic (exact) mass is 427 g/mol. The molecule has 4 rings (SSSR count). The molecule has 1 aliphatic carbocycles. The summed E-state index contributed by atoms with van der Waals surface area (Å²) in [6, 6.07) is 0. The largest absolute Gasteiger partial charge is 0.455 e. The van der Waals surface area contributed by atoms with Gasteiger partial charge in [0.25, 0.3) is 5.91 Å². The highest BCUT2D eigenvalue weighted by Gasteiger charge is 2.32. The van der Waals surface area contributed by atoms with E-state index in [4.69, 9.17) is 9.52 Å². The van der Waals surface area contributed by atoms with Gasteiger partial charge in [-0.2, -0.15) is 5.10 Å². The van der Waals surface area contributed by atoms with E-state index in [-0.39, 0.29) is 18.4 Å². The second kappa shape index (κ2) is 9.26. The third-order valence-corrected chi connectivity index (χ3v) is 6.45. The van der Waals surface area contributed by atoms with Crippen LogP contribution in [0.2, 0.25) is 0 Å². The Kier molecular flexibility index (Phi) is 6.46. The lowest BCUT2D eigenvalue weighted by atomic mass is 9.93. The number of carbonyl (C=O) groups excluding carboxylic acids is 2. The van der Waals surface area contributed by atoms with Crippen molar-refractivity contribution in [3.63, 3.8) is 0 Å². The molecule has 31 heavy (non-hydrogen) atoms. The van der Waals surface area contributed by atoms with Gasteiger partial charge in [-0.1, -0.05) is 13.8 Å². The third kappa shape index (κ3) is 4.39. The van der Waals surface area contributed by atoms with Crippen molar-refractivity contribution in [3.05, 3.63) is 28.8 Å². The molecule has 1 aliphatic heterocycles. The molecule has 0 saturated carbocycles. The van der Waals surface area contributed by atoms with Crippen LogP contribution < -0.4 is 5.32 Å². The number of likely N-dealkylation sites (tertiary alicyclic amines) is 1. The summed E-state index contributed by atoms with van der Waals surface area (Å²) < 4.78 is 7.74. The van der Waals surface area contributed by atoms with Crippen molar-refractivity contribution in [2.24, 2.45) is 0 Å². The maximum atomic E-state index is 12.9. The van der Waals surface area contributed by atoms with Gasteiger partial charge in [-0.25, -0.2) is 0 Å². The molecule has 3 heterocycles. The van der Waals surface area contributed by atoms with E-state index in [1.807, 2.05) is 18.0 Å². The number of nitrogens with one attached hydrogen (secondary N) is 1. The summed E-state index contributed by atoms with van der Waals surface area (Å²) in [6.07, 6.45) is 5.61. The number of fused-ring (bicyclic) bond motifs is 3. The first-order valence-electron chi connectivity index (χ1n) is 11.5. The molecule has 0 radical (unpaired) electrons. The fourth-order valence-corrected chi connectivity index (χ4v) is 4.61. The van der Waals surface area contributed by atoms with Gasteiger partial charge in [0.15, 0.2) is 5.76 Å². The quantitative estimate of drug-likeness (QED) is 0.699. The van der Waals surface area contributed by atoms with Crippen molar-refractivity contribution in [2.75, 3.05) is 39.3 Å². The number of carbonyl (C=O) groups is 2. The highest BCUT2D eigenvalue weighted by molar-refractivity contribution is 5.95. The molecule has 2 aromatic rings. The lowest BCUT2D eigenvalue weighted by molar-refractivity contribution is -0.121. The summed E-state index contributed by atoms with van der Waals surface area (Å²) in [7, 11) is 0. The van der Waals surface area contributed by atoms with E-state index in [0.717, 1.165) is 86.6 Å². The zero-order valence-corrected chi connectivity index (χ0v) is 18.9. The van der Waals surface area contributed by atoms with Gasteiger partial charge in [0.2, 0.25) is 5.91 Å². The van der Waals surface area contributed by atoms with Crippen LogP contribution in [0.1, 0.15) is 54.1 Å². The maximum Gasteiger partial charge on any atom is 0.289 e. The van der Waals surface area contributed by atoms with Crippen LogP contribution >= 0.6 is 0 Å². The molecule has 0 bridgehead atoms. The molecule has 2 amide bonds. The number of amides is 2. The van der Waals surface area contributed by atoms with Gasteiger partial charge in [-0.3, -0.25) is 14.3 Å². The van der Waals surface area contributed by atoms with Gasteiger partial charge in [0.05, 0.1) is 5.69 Å². The topological polar surface area (TPSA) is 83.6 Å². The average molecular weight is 428 g/mol. The Bertz CT molecular complexity index is 951. The van der Waals surface area contributed by atoms with Gasteiger partial charge in [-0.15, -0.1) is 0 Å². The Morgan fingerprint density at radius 2 is 1.94 bits per heavy atom. The van der Waals surface area contributed by atoms with Crippen molar-refractivity contribution < 1.29 is 14.0 Å². The molecule has 1 saturated heterocycles. The van der Waals surface area contributed by atoms with Crippen molar-refractivity contribution in [1.82, 2.24) is 24.9 Å². The molecule has 8 nitrogen and oxygen atoms in total. The summed E-state index contributed by atoms with van der Waals surface area (Å²) in [5.41, 5.74) is 3.75. The van der Waals surface area contributed by atoms with Crippen LogP contribution in [-0.2, 0) is 24.2 Å². The fraction of sp³-hybridized carbons (Fsp3) is 0.609. The summed E-state index contributed by atoms with van der Waals surface area (Å²) in [6.45, 7) is 11.4. The second-order valence-corrected chi connectivity index (χ2v) is 8.43. The second-order valence-electron chi connectivity index (χ2n) is 8.43. The molecule has 8 heteroatoms. The van der Waals surface area contributed by atoms with Crippen molar-refractivity contribution in [1.29, 1.82) is 0 Å². The highest BCUT2D eigenvalue weighted by atomic mass is 16.4. The minimum atomic E-state index is -0.0407. The maximum absolute atomic E-state index is 12.9. The van der Waals surface area contributed by atoms with Crippen molar-refractivity contribution >= 4 is 11.8 Å². The number of aryl methyl sites for hydroxylation is 2. The van der Waals surface area contributed by atoms with Crippen LogP contribution in [0.3, 0.4) is 0 Å². The van der Waals surface area contributed by atoms with Crippen LogP contribution in [0.15, 0.2) is 10.6 Å². The van der Waals surface area contributed by atoms with E-state index in [2.05, 4.69) is 24.1 Å². The number of furan rings is 1. The number of likely N-dealkylation sites (N-methyl/N-ethyl adjacent to an activating group) is 1. The van der Waals surface area contributed by atoms with Gasteiger partial charge >= 0.3 is 0 Å². The smallest absolute Gasteiger partial charge is 0.289 e. The van der Waals surface area contributed by atoms with Gasteiger partial charge in [0.1, 0.15) is 12.3 Å². The number of aromatic nitrogens is 2. The van der Waals surface area contributed by atoms with E-state index in [0.29, 0.717) is 12.3 Å². The lowest BCUT2D eigenvalue weighted by Crippen LogP contribution is -2.36. The summed E-state index contributed by atoms with van der Waals surface area (Å²) in [5.74, 6) is 1.23. The number of hydrogen-bond donors (Lipinski definition) is 1. The van der Waals surface area contributed by atoms with Crippen LogP contribution in [0.5, 0.6) is 0 Å². The van der Waals surface area contributed by atoms with Crippen LogP contribution in [0, 0.1) is 6.92 Å². The van der Waals surface area contributed by atoms with E-state index in [9.17, 15) is 9.59 Å². The molecular formula is C23H33N5O3. The summed E-state index contributed by atoms with van der Waals surface area (Å²) in [5, 5.41) is 7.68. The van der Waals surface area contributed by atoms with Gasteiger partial charge in [-0.05, 0) is 44.8 Å². The number of rotatable bonds is 8. The number of hydrogen-bond acceptors (Lipinski definition) is 5. The molecule has 2 aromatic heterocycles. The zero-order valence-electron chi connectivity index (χ0n) is 18.9. The predicted octanol–water partition coefficient (Wildman–Crippen LogP) is 2.24. The molecule has 1 N–H and O–H groups in total. The van der Waals surface area contributed by atoms with Gasteiger partial charge in [0, 0.05) is 49.9 Å². The first-order valence-corrected chi connectivity index (χ1v) is 11.5. The van der Waals surface area contributed by atoms with E-state index in [1.165, 1.54) is 0 Å². The predicted molar refractivity (Wildman–Crippen MR) is 118 cm³/mol. The molecule has 0 atom stereocenters. The third-order valence-electron chi connectivity index (χ3n) is 6.45. The fourth-order valence-electron chi connectivity index (χ4n) is 4.61. The molecule has 0 unspecified atom stereocenters. The minimum Gasteiger partial charge on any atom is -0.455 e. The average Bonchev–Trinajstić information content (AvgIpc) is 3.49. The van der Waals surface area contributed by atoms with Gasteiger partial charge < -0.3 is 19.5 Å². The molecule has 1 fully saturated rings. The normalized spacial score (nSPS) is 15.3. The SMILES string of the molecule is CCN(CC)CCNC(=O)Cn1cc2c(n1)-c1c(oc(C(=O)N3CCCC3)c1C)CC2. The molecule has 0 aromatic carbocycles. The Morgan fingerprint density at radius 1 is 1.19 bits per heavy atom. The molecule has 0 spiro atoms. The summed E-state index contributed by atoms with van der Waals surface area (Å²) in [4.78, 5) is 29.4. The zero-order chi connectivity index (χ0) is 22.0. The minimum absolute atomic E-state index is 0.0158. The Morgan fingerprint density at radius 3 is 2.65 bits per heavy atom. The lowest BCUT2D eigenvalue weighted by Gasteiger charge is -2.17. The Labute approximate surface area is 183 Å². The highest BCUT2D eigenvalue weighted by Crippen LogP contribution is 2.38. The molecular weight excluding hydrogens is 394 g/mol. The van der Waals surface area contributed by atoms with Crippen LogP contribution in [0.4, 0.5) is 0 Å². The van der Waals surface area contributed by atoms with Crippen molar-refractivity contribution in [2.45, 2.75) is 53.0 Å². The number of nitrogens with zero attached hydrogens (tertiary/aromatic N) is 4.